The van der Waals surface area contributed by atoms with Crippen LogP contribution in [0.4, 0.5) is 0 Å². The molecular weight excluding hydrogens is 196 g/mol. The van der Waals surface area contributed by atoms with Gasteiger partial charge in [0.15, 0.2) is 0 Å². The molecule has 1 saturated heterocycles. The fraction of sp³-hybridized carbons (Fsp3) is 0.643. The minimum Gasteiger partial charge on any atom is -0.311 e. The first-order valence-electron chi connectivity index (χ1n) is 6.53. The Labute approximate surface area is 98.5 Å². The smallest absolute Gasteiger partial charge is 0.0299 e. The maximum atomic E-state index is 4.14. The maximum Gasteiger partial charge on any atom is 0.0299 e. The number of hydrogen-bond donors (Lipinski definition) is 1. The molecule has 2 heterocycles. The van der Waals surface area contributed by atoms with Crippen molar-refractivity contribution < 1.29 is 0 Å². The highest BCUT2D eigenvalue weighted by molar-refractivity contribution is 5.08. The number of aromatic nitrogens is 1. The summed E-state index contributed by atoms with van der Waals surface area (Å²) in [4.78, 5) is 4.14. The number of rotatable bonds is 5. The Morgan fingerprint density at radius 1 is 1.38 bits per heavy atom. The van der Waals surface area contributed by atoms with Crippen molar-refractivity contribution in [3.05, 3.63) is 30.1 Å². The van der Waals surface area contributed by atoms with Crippen molar-refractivity contribution in [2.45, 2.75) is 57.5 Å². The molecule has 0 aliphatic carbocycles. The van der Waals surface area contributed by atoms with Crippen LogP contribution < -0.4 is 5.32 Å². The molecule has 2 nitrogen and oxygen atoms in total. The minimum absolute atomic E-state index is 0.765. The first-order valence-corrected chi connectivity index (χ1v) is 6.53. The Bertz CT molecular complexity index is 297. The van der Waals surface area contributed by atoms with E-state index < -0.39 is 0 Å². The van der Waals surface area contributed by atoms with Gasteiger partial charge in [-0.25, -0.2) is 0 Å². The molecular formula is C14H22N2. The van der Waals surface area contributed by atoms with Crippen LogP contribution in [0.3, 0.4) is 0 Å². The van der Waals surface area contributed by atoms with Gasteiger partial charge in [-0.3, -0.25) is 4.98 Å². The minimum atomic E-state index is 0.765. The molecule has 1 aliphatic heterocycles. The third kappa shape index (κ3) is 3.31. The van der Waals surface area contributed by atoms with Gasteiger partial charge >= 0.3 is 0 Å². The summed E-state index contributed by atoms with van der Waals surface area (Å²) in [5, 5.41) is 3.71. The Hall–Kier alpha value is -0.890. The zero-order valence-corrected chi connectivity index (χ0v) is 10.2. The summed E-state index contributed by atoms with van der Waals surface area (Å²) in [5.74, 6) is 0. The normalized spacial score (nSPS) is 24.8. The Morgan fingerprint density at radius 2 is 2.25 bits per heavy atom. The number of pyridine rings is 1. The van der Waals surface area contributed by atoms with Gasteiger partial charge in [0.1, 0.15) is 0 Å². The Morgan fingerprint density at radius 3 is 2.94 bits per heavy atom. The molecule has 1 aromatic rings. The Balaban J connectivity index is 1.65. The molecule has 2 heteroatoms. The fourth-order valence-electron chi connectivity index (χ4n) is 2.55. The molecule has 0 saturated carbocycles. The average Bonchev–Trinajstić information content (AvgIpc) is 2.78. The van der Waals surface area contributed by atoms with Gasteiger partial charge in [0.2, 0.25) is 0 Å². The summed E-state index contributed by atoms with van der Waals surface area (Å²) >= 11 is 0. The Kier molecular flexibility index (Phi) is 4.34. The van der Waals surface area contributed by atoms with Crippen LogP contribution in [0, 0.1) is 0 Å². The highest BCUT2D eigenvalue weighted by Gasteiger charge is 2.21. The molecule has 2 unspecified atom stereocenters. The molecule has 88 valence electrons. The molecule has 0 amide bonds. The quantitative estimate of drug-likeness (QED) is 0.822. The van der Waals surface area contributed by atoms with Gasteiger partial charge in [-0.2, -0.15) is 0 Å². The number of aryl methyl sites for hydroxylation is 1. The molecule has 0 spiro atoms. The lowest BCUT2D eigenvalue weighted by Gasteiger charge is -2.12. The van der Waals surface area contributed by atoms with Crippen molar-refractivity contribution in [1.82, 2.24) is 10.3 Å². The van der Waals surface area contributed by atoms with Crippen LogP contribution in [0.2, 0.25) is 0 Å². The lowest BCUT2D eigenvalue weighted by atomic mass is 10.0. The van der Waals surface area contributed by atoms with E-state index in [1.807, 2.05) is 18.5 Å². The zero-order chi connectivity index (χ0) is 11.2. The summed E-state index contributed by atoms with van der Waals surface area (Å²) in [6.45, 7) is 2.27. The van der Waals surface area contributed by atoms with Gasteiger partial charge in [0, 0.05) is 24.5 Å². The average molecular weight is 218 g/mol. The second-order valence-corrected chi connectivity index (χ2v) is 4.80. The van der Waals surface area contributed by atoms with E-state index in [0.717, 1.165) is 12.1 Å². The van der Waals surface area contributed by atoms with E-state index in [1.165, 1.54) is 44.1 Å². The van der Waals surface area contributed by atoms with Crippen LogP contribution in [0.25, 0.3) is 0 Å². The SMILES string of the molecule is CCC1CCC(CCCc2cccnc2)N1. The molecule has 1 N–H and O–H groups in total. The van der Waals surface area contributed by atoms with E-state index in [9.17, 15) is 0 Å². The molecule has 0 bridgehead atoms. The van der Waals surface area contributed by atoms with Crippen molar-refractivity contribution >= 4 is 0 Å². The monoisotopic (exact) mass is 218 g/mol. The van der Waals surface area contributed by atoms with Gasteiger partial charge < -0.3 is 5.32 Å². The standard InChI is InChI=1S/C14H22N2/c1-2-13-8-9-14(16-13)7-3-5-12-6-4-10-15-11-12/h4,6,10-11,13-14,16H,2-3,5,7-9H2,1H3. The molecule has 1 aromatic heterocycles. The second kappa shape index (κ2) is 6.00. The summed E-state index contributed by atoms with van der Waals surface area (Å²) < 4.78 is 0. The lowest BCUT2D eigenvalue weighted by molar-refractivity contribution is 0.490. The molecule has 0 aromatic carbocycles. The van der Waals surface area contributed by atoms with Gasteiger partial charge in [0.25, 0.3) is 0 Å². The first kappa shape index (κ1) is 11.6. The van der Waals surface area contributed by atoms with E-state index in [-0.39, 0.29) is 0 Å². The molecule has 2 atom stereocenters. The third-order valence-electron chi connectivity index (χ3n) is 3.57. The van der Waals surface area contributed by atoms with Gasteiger partial charge in [-0.05, 0) is 50.2 Å². The summed E-state index contributed by atoms with van der Waals surface area (Å²) in [5.41, 5.74) is 1.37. The van der Waals surface area contributed by atoms with Crippen LogP contribution in [0.5, 0.6) is 0 Å². The van der Waals surface area contributed by atoms with Gasteiger partial charge in [-0.1, -0.05) is 13.0 Å². The predicted molar refractivity (Wildman–Crippen MR) is 67.4 cm³/mol. The van der Waals surface area contributed by atoms with Crippen LogP contribution in [-0.4, -0.2) is 17.1 Å². The highest BCUT2D eigenvalue weighted by atomic mass is 15.0. The first-order chi connectivity index (χ1) is 7.88. The number of nitrogens with zero attached hydrogens (tertiary/aromatic N) is 1. The largest absolute Gasteiger partial charge is 0.311 e. The molecule has 1 fully saturated rings. The summed E-state index contributed by atoms with van der Waals surface area (Å²) in [6.07, 6.45) is 11.6. The number of hydrogen-bond acceptors (Lipinski definition) is 2. The predicted octanol–water partition coefficient (Wildman–Crippen LogP) is 2.93. The van der Waals surface area contributed by atoms with Crippen LogP contribution in [0.1, 0.15) is 44.6 Å². The van der Waals surface area contributed by atoms with Crippen LogP contribution in [-0.2, 0) is 6.42 Å². The van der Waals surface area contributed by atoms with Crippen LogP contribution >= 0.6 is 0 Å². The van der Waals surface area contributed by atoms with Crippen molar-refractivity contribution in [1.29, 1.82) is 0 Å². The van der Waals surface area contributed by atoms with E-state index in [0.29, 0.717) is 0 Å². The van der Waals surface area contributed by atoms with Crippen LogP contribution in [0.15, 0.2) is 24.5 Å². The molecule has 1 aliphatic rings. The van der Waals surface area contributed by atoms with Crippen molar-refractivity contribution in [3.63, 3.8) is 0 Å². The van der Waals surface area contributed by atoms with E-state index in [4.69, 9.17) is 0 Å². The second-order valence-electron chi connectivity index (χ2n) is 4.80. The van der Waals surface area contributed by atoms with Crippen molar-refractivity contribution in [3.8, 4) is 0 Å². The van der Waals surface area contributed by atoms with E-state index >= 15 is 0 Å². The van der Waals surface area contributed by atoms with Gasteiger partial charge in [0.05, 0.1) is 0 Å². The zero-order valence-electron chi connectivity index (χ0n) is 10.2. The van der Waals surface area contributed by atoms with Gasteiger partial charge in [-0.15, -0.1) is 0 Å². The van der Waals surface area contributed by atoms with E-state index in [2.05, 4.69) is 23.3 Å². The van der Waals surface area contributed by atoms with Crippen molar-refractivity contribution in [2.24, 2.45) is 0 Å². The third-order valence-corrected chi connectivity index (χ3v) is 3.57. The summed E-state index contributed by atoms with van der Waals surface area (Å²) in [6, 6.07) is 5.74. The lowest BCUT2D eigenvalue weighted by Crippen LogP contribution is -2.28. The fourth-order valence-corrected chi connectivity index (χ4v) is 2.55. The molecule has 0 radical (unpaired) electrons. The maximum absolute atomic E-state index is 4.14. The highest BCUT2D eigenvalue weighted by Crippen LogP contribution is 2.19. The van der Waals surface area contributed by atoms with E-state index in [1.54, 1.807) is 0 Å². The topological polar surface area (TPSA) is 24.9 Å². The number of nitrogens with one attached hydrogen (secondary N) is 1. The summed E-state index contributed by atoms with van der Waals surface area (Å²) in [7, 11) is 0. The van der Waals surface area contributed by atoms with Crippen molar-refractivity contribution in [2.75, 3.05) is 0 Å². The molecule has 16 heavy (non-hydrogen) atoms. The molecule has 2 rings (SSSR count).